The van der Waals surface area contributed by atoms with Crippen molar-refractivity contribution in [3.8, 4) is 17.0 Å². The van der Waals surface area contributed by atoms with Crippen LogP contribution in [-0.2, 0) is 0 Å². The summed E-state index contributed by atoms with van der Waals surface area (Å²) in [6.07, 6.45) is 0. The van der Waals surface area contributed by atoms with E-state index >= 15 is 0 Å². The third kappa shape index (κ3) is 1.35. The van der Waals surface area contributed by atoms with Crippen LogP contribution in [0.3, 0.4) is 0 Å². The average Bonchev–Trinajstić information content (AvgIpc) is 2.19. The van der Waals surface area contributed by atoms with Gasteiger partial charge in [-0.3, -0.25) is 0 Å². The Morgan fingerprint density at radius 1 is 1.07 bits per heavy atom. The van der Waals surface area contributed by atoms with Gasteiger partial charge in [-0.2, -0.15) is 0 Å². The zero-order valence-electron chi connectivity index (χ0n) is 7.25. The van der Waals surface area contributed by atoms with Gasteiger partial charge in [0.2, 0.25) is 5.88 Å². The van der Waals surface area contributed by atoms with Crippen LogP contribution in [0.2, 0.25) is 0 Å². The monoisotopic (exact) mass is 188 g/mol. The van der Waals surface area contributed by atoms with E-state index in [9.17, 15) is 5.11 Å². The smallest absolute Gasteiger partial charge is 0.244 e. The summed E-state index contributed by atoms with van der Waals surface area (Å²) in [6, 6.07) is 9.19. The van der Waals surface area contributed by atoms with E-state index < -0.39 is 0 Å². The molecule has 0 saturated heterocycles. The molecule has 2 aromatic rings. The molecule has 14 heavy (non-hydrogen) atoms. The van der Waals surface area contributed by atoms with Gasteiger partial charge in [0.25, 0.3) is 0 Å². The van der Waals surface area contributed by atoms with Crippen molar-refractivity contribution in [3.63, 3.8) is 0 Å². The van der Waals surface area contributed by atoms with Crippen LogP contribution in [0.15, 0.2) is 30.3 Å². The van der Waals surface area contributed by atoms with Crippen LogP contribution in [0.4, 0.5) is 5.82 Å². The Morgan fingerprint density at radius 2 is 1.79 bits per heavy atom. The first-order valence-electron chi connectivity index (χ1n) is 4.02. The highest BCUT2D eigenvalue weighted by Gasteiger charge is 2.10. The van der Waals surface area contributed by atoms with Crippen LogP contribution < -0.4 is 5.73 Å². The summed E-state index contributed by atoms with van der Waals surface area (Å²) in [6.45, 7) is 0. The van der Waals surface area contributed by atoms with Crippen LogP contribution >= 0.6 is 0 Å². The van der Waals surface area contributed by atoms with Gasteiger partial charge in [-0.05, 0) is 10.8 Å². The molecule has 0 aliphatic carbocycles. The van der Waals surface area contributed by atoms with Gasteiger partial charge in [0.05, 0.1) is 5.56 Å². The van der Waals surface area contributed by atoms with E-state index in [-0.39, 0.29) is 11.7 Å². The molecule has 3 N–H and O–H groups in total. The third-order valence-corrected chi connectivity index (χ3v) is 1.83. The fourth-order valence-electron chi connectivity index (χ4n) is 1.21. The first kappa shape index (κ1) is 8.43. The van der Waals surface area contributed by atoms with E-state index in [1.807, 2.05) is 30.3 Å². The van der Waals surface area contributed by atoms with Crippen LogP contribution in [0, 0.1) is 0 Å². The second kappa shape index (κ2) is 3.29. The number of aromatic nitrogens is 3. The van der Waals surface area contributed by atoms with Gasteiger partial charge >= 0.3 is 0 Å². The van der Waals surface area contributed by atoms with Gasteiger partial charge in [-0.1, -0.05) is 35.4 Å². The van der Waals surface area contributed by atoms with Gasteiger partial charge in [0.15, 0.2) is 5.82 Å². The molecular weight excluding hydrogens is 180 g/mol. The Bertz CT molecular complexity index is 424. The van der Waals surface area contributed by atoms with Gasteiger partial charge in [0.1, 0.15) is 0 Å². The quantitative estimate of drug-likeness (QED) is 0.692. The lowest BCUT2D eigenvalue weighted by Gasteiger charge is -2.03. The maximum Gasteiger partial charge on any atom is 0.244 e. The molecule has 0 saturated carbocycles. The van der Waals surface area contributed by atoms with Crippen LogP contribution in [-0.4, -0.2) is 20.5 Å². The van der Waals surface area contributed by atoms with Crippen molar-refractivity contribution in [3.05, 3.63) is 30.3 Å². The summed E-state index contributed by atoms with van der Waals surface area (Å²) in [5.74, 6) is -0.0348. The molecular formula is C9H8N4O. The van der Waals surface area contributed by atoms with Gasteiger partial charge in [0, 0.05) is 0 Å². The maximum absolute atomic E-state index is 9.45. The molecule has 5 heteroatoms. The normalized spacial score (nSPS) is 10.0. The first-order chi connectivity index (χ1) is 6.79. The minimum Gasteiger partial charge on any atom is -0.492 e. The SMILES string of the molecule is Nc1nnnc(O)c1-c1ccccc1. The van der Waals surface area contributed by atoms with E-state index in [1.165, 1.54) is 0 Å². The number of anilines is 1. The molecule has 0 spiro atoms. The van der Waals surface area contributed by atoms with E-state index in [2.05, 4.69) is 15.4 Å². The van der Waals surface area contributed by atoms with Crippen molar-refractivity contribution in [2.45, 2.75) is 0 Å². The van der Waals surface area contributed by atoms with Crippen LogP contribution in [0.1, 0.15) is 0 Å². The summed E-state index contributed by atoms with van der Waals surface area (Å²) >= 11 is 0. The summed E-state index contributed by atoms with van der Waals surface area (Å²) < 4.78 is 0. The summed E-state index contributed by atoms with van der Waals surface area (Å²) in [4.78, 5) is 0. The number of nitrogens with two attached hydrogens (primary N) is 1. The molecule has 0 aliphatic heterocycles. The highest BCUT2D eigenvalue weighted by molar-refractivity contribution is 5.77. The zero-order chi connectivity index (χ0) is 9.97. The molecule has 0 fully saturated rings. The lowest BCUT2D eigenvalue weighted by Crippen LogP contribution is -1.99. The largest absolute Gasteiger partial charge is 0.492 e. The summed E-state index contributed by atoms with van der Waals surface area (Å²) in [5, 5.41) is 19.7. The first-order valence-corrected chi connectivity index (χ1v) is 4.02. The number of hydrogen-bond acceptors (Lipinski definition) is 5. The minimum atomic E-state index is -0.205. The van der Waals surface area contributed by atoms with Crippen molar-refractivity contribution in [2.75, 3.05) is 5.73 Å². The van der Waals surface area contributed by atoms with E-state index in [0.29, 0.717) is 5.56 Å². The molecule has 0 amide bonds. The van der Waals surface area contributed by atoms with Crippen molar-refractivity contribution in [1.29, 1.82) is 0 Å². The molecule has 0 atom stereocenters. The predicted molar refractivity (Wildman–Crippen MR) is 51.3 cm³/mol. The third-order valence-electron chi connectivity index (χ3n) is 1.83. The Balaban J connectivity index is 2.63. The molecule has 0 radical (unpaired) electrons. The zero-order valence-corrected chi connectivity index (χ0v) is 7.25. The van der Waals surface area contributed by atoms with Crippen LogP contribution in [0.25, 0.3) is 11.1 Å². The van der Waals surface area contributed by atoms with Gasteiger partial charge < -0.3 is 10.8 Å². The molecule has 1 aromatic heterocycles. The van der Waals surface area contributed by atoms with Gasteiger partial charge in [-0.25, -0.2) is 0 Å². The standard InChI is InChI=1S/C9H8N4O/c10-8-7(9(14)12-13-11-8)6-4-2-1-3-5-6/h1-5H,(H3,10,11,12,14). The fraction of sp³-hybridized carbons (Fsp3) is 0. The Labute approximate surface area is 80.2 Å². The second-order valence-electron chi connectivity index (χ2n) is 2.74. The minimum absolute atomic E-state index is 0.170. The number of hydrogen-bond donors (Lipinski definition) is 2. The Morgan fingerprint density at radius 3 is 2.43 bits per heavy atom. The highest BCUT2D eigenvalue weighted by Crippen LogP contribution is 2.29. The molecule has 5 nitrogen and oxygen atoms in total. The lowest BCUT2D eigenvalue weighted by atomic mass is 10.1. The molecule has 70 valence electrons. The summed E-state index contributed by atoms with van der Waals surface area (Å²) in [5.41, 5.74) is 6.77. The molecule has 0 bridgehead atoms. The number of nitrogen functional groups attached to an aromatic ring is 1. The molecule has 1 aromatic carbocycles. The van der Waals surface area contributed by atoms with E-state index in [0.717, 1.165) is 5.56 Å². The number of rotatable bonds is 1. The molecule has 1 heterocycles. The van der Waals surface area contributed by atoms with E-state index in [1.54, 1.807) is 0 Å². The highest BCUT2D eigenvalue weighted by atomic mass is 16.3. The number of aromatic hydroxyl groups is 1. The second-order valence-corrected chi connectivity index (χ2v) is 2.74. The number of nitrogens with zero attached hydrogens (tertiary/aromatic N) is 3. The fourth-order valence-corrected chi connectivity index (χ4v) is 1.21. The molecule has 0 aliphatic rings. The maximum atomic E-state index is 9.45. The van der Waals surface area contributed by atoms with Crippen molar-refractivity contribution in [2.24, 2.45) is 0 Å². The van der Waals surface area contributed by atoms with Crippen LogP contribution in [0.5, 0.6) is 5.88 Å². The Kier molecular flexibility index (Phi) is 1.98. The predicted octanol–water partition coefficient (Wildman–Crippen LogP) is 0.826. The van der Waals surface area contributed by atoms with Gasteiger partial charge in [-0.15, -0.1) is 5.10 Å². The molecule has 0 unspecified atom stereocenters. The van der Waals surface area contributed by atoms with Crippen molar-refractivity contribution in [1.82, 2.24) is 15.4 Å². The lowest BCUT2D eigenvalue weighted by molar-refractivity contribution is 0.443. The summed E-state index contributed by atoms with van der Waals surface area (Å²) in [7, 11) is 0. The van der Waals surface area contributed by atoms with Crippen molar-refractivity contribution < 1.29 is 5.11 Å². The van der Waals surface area contributed by atoms with Crippen molar-refractivity contribution >= 4 is 5.82 Å². The Hall–Kier alpha value is -2.17. The van der Waals surface area contributed by atoms with E-state index in [4.69, 9.17) is 5.73 Å². The molecule has 2 rings (SSSR count). The topological polar surface area (TPSA) is 84.9 Å². The average molecular weight is 188 g/mol. The number of benzene rings is 1.